The Morgan fingerprint density at radius 1 is 1.03 bits per heavy atom. The largest absolute Gasteiger partial charge is 0.347 e. The maximum absolute atomic E-state index is 13.3. The molecule has 6 nitrogen and oxygen atoms in total. The van der Waals surface area contributed by atoms with E-state index in [4.69, 9.17) is 0 Å². The van der Waals surface area contributed by atoms with Gasteiger partial charge in [0, 0.05) is 17.6 Å². The molecule has 4 rings (SSSR count). The fraction of sp³-hybridized carbons (Fsp3) is 0.318. The molecular formula is C22H22F2N4O2. The molecule has 0 radical (unpaired) electrons. The number of urea groups is 2. The normalized spacial score (nSPS) is 22.4. The van der Waals surface area contributed by atoms with Crippen LogP contribution in [0, 0.1) is 17.6 Å². The zero-order chi connectivity index (χ0) is 21.1. The third-order valence-corrected chi connectivity index (χ3v) is 5.49. The summed E-state index contributed by atoms with van der Waals surface area (Å²) in [6.45, 7) is 0.179. The van der Waals surface area contributed by atoms with Gasteiger partial charge in [0.2, 0.25) is 0 Å². The van der Waals surface area contributed by atoms with Crippen LogP contribution in [0.25, 0.3) is 0 Å². The number of rotatable bonds is 3. The van der Waals surface area contributed by atoms with Crippen LogP contribution in [0.4, 0.5) is 24.1 Å². The molecule has 30 heavy (non-hydrogen) atoms. The lowest BCUT2D eigenvalue weighted by molar-refractivity contribution is 0.187. The van der Waals surface area contributed by atoms with E-state index in [0.29, 0.717) is 11.5 Å². The van der Waals surface area contributed by atoms with Gasteiger partial charge in [0.15, 0.2) is 0 Å². The van der Waals surface area contributed by atoms with E-state index in [1.165, 1.54) is 41.3 Å². The monoisotopic (exact) mass is 412 g/mol. The van der Waals surface area contributed by atoms with Crippen LogP contribution in [0.15, 0.2) is 53.5 Å². The van der Waals surface area contributed by atoms with Gasteiger partial charge in [-0.25, -0.2) is 18.4 Å². The average molecular weight is 412 g/mol. The Bertz CT molecular complexity index is 960. The van der Waals surface area contributed by atoms with E-state index in [9.17, 15) is 18.4 Å². The highest BCUT2D eigenvalue weighted by Gasteiger charge is 2.40. The molecule has 2 atom stereocenters. The van der Waals surface area contributed by atoms with Crippen LogP contribution in [0.3, 0.4) is 0 Å². The topological polar surface area (TPSA) is 73.8 Å². The second-order valence-electron chi connectivity index (χ2n) is 7.57. The van der Waals surface area contributed by atoms with Crippen molar-refractivity contribution in [3.8, 4) is 0 Å². The summed E-state index contributed by atoms with van der Waals surface area (Å²) < 4.78 is 26.3. The Morgan fingerprint density at radius 2 is 1.67 bits per heavy atom. The Hall–Kier alpha value is -3.29. The molecule has 1 saturated heterocycles. The van der Waals surface area contributed by atoms with Gasteiger partial charge >= 0.3 is 12.1 Å². The smallest absolute Gasteiger partial charge is 0.334 e. The first-order valence-corrected chi connectivity index (χ1v) is 9.97. The number of nitrogens with one attached hydrogen (secondary N) is 2. The number of carbonyl (C=O) groups is 2. The predicted molar refractivity (Wildman–Crippen MR) is 109 cm³/mol. The Morgan fingerprint density at radius 3 is 2.37 bits per heavy atom. The highest BCUT2D eigenvalue weighted by Crippen LogP contribution is 2.31. The number of hydrogen-bond donors (Lipinski definition) is 2. The summed E-state index contributed by atoms with van der Waals surface area (Å²) in [5.41, 5.74) is 1.14. The van der Waals surface area contributed by atoms with Crippen molar-refractivity contribution in [1.82, 2.24) is 10.2 Å². The third-order valence-electron chi connectivity index (χ3n) is 5.49. The molecule has 1 heterocycles. The molecule has 1 saturated carbocycles. The van der Waals surface area contributed by atoms with Crippen LogP contribution in [-0.2, 0) is 6.54 Å². The van der Waals surface area contributed by atoms with Gasteiger partial charge in [-0.2, -0.15) is 4.99 Å². The fourth-order valence-electron chi connectivity index (χ4n) is 4.01. The van der Waals surface area contributed by atoms with E-state index in [-0.39, 0.29) is 30.4 Å². The van der Waals surface area contributed by atoms with Crippen LogP contribution >= 0.6 is 0 Å². The lowest BCUT2D eigenvalue weighted by atomic mass is 9.82. The molecular weight excluding hydrogens is 390 g/mol. The highest BCUT2D eigenvalue weighted by atomic mass is 19.1. The summed E-state index contributed by atoms with van der Waals surface area (Å²) in [6, 6.07) is 10.2. The minimum absolute atomic E-state index is 0.0620. The molecule has 0 aromatic heterocycles. The van der Waals surface area contributed by atoms with Crippen LogP contribution in [-0.4, -0.2) is 28.8 Å². The zero-order valence-electron chi connectivity index (χ0n) is 16.3. The molecule has 4 amide bonds. The molecule has 0 spiro atoms. The predicted octanol–water partition coefficient (Wildman–Crippen LogP) is 4.68. The van der Waals surface area contributed by atoms with Gasteiger partial charge in [-0.3, -0.25) is 4.90 Å². The first-order chi connectivity index (χ1) is 14.5. The van der Waals surface area contributed by atoms with Gasteiger partial charge in [0.05, 0.1) is 6.54 Å². The number of nitrogens with zero attached hydrogens (tertiary/aromatic N) is 2. The maximum atomic E-state index is 13.3. The van der Waals surface area contributed by atoms with Crippen molar-refractivity contribution in [1.29, 1.82) is 0 Å². The van der Waals surface area contributed by atoms with E-state index in [1.54, 1.807) is 12.1 Å². The number of anilines is 1. The summed E-state index contributed by atoms with van der Waals surface area (Å²) in [5, 5.41) is 5.64. The summed E-state index contributed by atoms with van der Waals surface area (Å²) in [7, 11) is 0. The van der Waals surface area contributed by atoms with Crippen molar-refractivity contribution >= 4 is 23.6 Å². The Balaban J connectivity index is 1.61. The van der Waals surface area contributed by atoms with Gasteiger partial charge < -0.3 is 10.6 Å². The summed E-state index contributed by atoms with van der Waals surface area (Å²) in [4.78, 5) is 31.1. The molecule has 2 unspecified atom stereocenters. The average Bonchev–Trinajstić information content (AvgIpc) is 2.73. The van der Waals surface area contributed by atoms with E-state index < -0.39 is 11.8 Å². The van der Waals surface area contributed by atoms with E-state index >= 15 is 0 Å². The minimum Gasteiger partial charge on any atom is -0.334 e. The first-order valence-electron chi connectivity index (χ1n) is 9.97. The molecule has 2 aromatic carbocycles. The highest BCUT2D eigenvalue weighted by molar-refractivity contribution is 6.07. The Labute approximate surface area is 173 Å². The number of benzene rings is 2. The van der Waals surface area contributed by atoms with Crippen molar-refractivity contribution in [2.45, 2.75) is 38.3 Å². The summed E-state index contributed by atoms with van der Waals surface area (Å²) >= 11 is 0. The van der Waals surface area contributed by atoms with E-state index in [0.717, 1.165) is 31.2 Å². The number of carbonyl (C=O) groups excluding carboxylic acids is 2. The van der Waals surface area contributed by atoms with E-state index in [1.807, 2.05) is 0 Å². The molecule has 2 aliphatic rings. The van der Waals surface area contributed by atoms with Crippen molar-refractivity contribution in [2.24, 2.45) is 10.9 Å². The van der Waals surface area contributed by atoms with Crippen molar-refractivity contribution < 1.29 is 18.4 Å². The van der Waals surface area contributed by atoms with Crippen LogP contribution in [0.5, 0.6) is 0 Å². The molecule has 1 aliphatic heterocycles. The molecule has 2 N–H and O–H groups in total. The van der Waals surface area contributed by atoms with Crippen molar-refractivity contribution in [3.63, 3.8) is 0 Å². The molecule has 2 aromatic rings. The second kappa shape index (κ2) is 8.61. The number of fused-ring (bicyclic) bond motifs is 1. The SMILES string of the molecule is O=C(/N=C1\C2CCCCC2NC(=O)N1Cc1ccc(F)cc1)Nc1ccc(F)cc1. The number of amides is 4. The second-order valence-corrected chi connectivity index (χ2v) is 7.57. The van der Waals surface area contributed by atoms with Crippen LogP contribution < -0.4 is 10.6 Å². The minimum atomic E-state index is -0.625. The zero-order valence-corrected chi connectivity index (χ0v) is 16.3. The number of aliphatic imine (C=N–C) groups is 1. The lowest BCUT2D eigenvalue weighted by Crippen LogP contribution is -2.60. The third kappa shape index (κ3) is 4.48. The summed E-state index contributed by atoms with van der Waals surface area (Å²) in [6.07, 6.45) is 3.64. The fourth-order valence-corrected chi connectivity index (χ4v) is 4.01. The molecule has 2 fully saturated rings. The quantitative estimate of drug-likeness (QED) is 0.768. The van der Waals surface area contributed by atoms with Gasteiger partial charge in [-0.1, -0.05) is 25.0 Å². The molecule has 1 aliphatic carbocycles. The molecule has 0 bridgehead atoms. The van der Waals surface area contributed by atoms with Crippen molar-refractivity contribution in [3.05, 3.63) is 65.7 Å². The standard InChI is InChI=1S/C22H22F2N4O2/c23-15-7-5-14(6-8-15)13-28-20(18-3-1-2-4-19(18)26-22(28)30)27-21(29)25-17-11-9-16(24)10-12-17/h5-12,18-19H,1-4,13H2,(H,25,29)(H,26,30)/b27-20+. The van der Waals surface area contributed by atoms with Gasteiger partial charge in [-0.05, 0) is 54.8 Å². The van der Waals surface area contributed by atoms with Crippen LogP contribution in [0.1, 0.15) is 31.2 Å². The van der Waals surface area contributed by atoms with E-state index in [2.05, 4.69) is 15.6 Å². The first kappa shape index (κ1) is 20.0. The van der Waals surface area contributed by atoms with Crippen molar-refractivity contribution in [2.75, 3.05) is 5.32 Å². The molecule has 8 heteroatoms. The van der Waals surface area contributed by atoms with Gasteiger partial charge in [0.25, 0.3) is 0 Å². The van der Waals surface area contributed by atoms with Gasteiger partial charge in [-0.15, -0.1) is 0 Å². The number of halogens is 2. The Kier molecular flexibility index (Phi) is 5.74. The maximum Gasteiger partial charge on any atom is 0.347 e. The number of amidine groups is 1. The lowest BCUT2D eigenvalue weighted by Gasteiger charge is -2.42. The molecule has 156 valence electrons. The van der Waals surface area contributed by atoms with Crippen LogP contribution in [0.2, 0.25) is 0 Å². The van der Waals surface area contributed by atoms with Gasteiger partial charge in [0.1, 0.15) is 17.5 Å². The summed E-state index contributed by atoms with van der Waals surface area (Å²) in [5.74, 6) is -0.427. The number of hydrogen-bond acceptors (Lipinski definition) is 2.